The zero-order chi connectivity index (χ0) is 16.8. The molecule has 0 aliphatic rings. The molecule has 0 radical (unpaired) electrons. The number of amides is 1. The first kappa shape index (κ1) is 16.5. The lowest BCUT2D eigenvalue weighted by atomic mass is 10.1. The Bertz CT molecular complexity index is 728. The van der Waals surface area contributed by atoms with Crippen LogP contribution in [0.1, 0.15) is 21.5 Å². The third-order valence-electron chi connectivity index (χ3n) is 3.30. The van der Waals surface area contributed by atoms with Gasteiger partial charge >= 0.3 is 0 Å². The van der Waals surface area contributed by atoms with E-state index in [1.807, 2.05) is 31.2 Å². The molecule has 0 fully saturated rings. The number of carbonyl (C=O) groups excluding carboxylic acids is 1. The maximum absolute atomic E-state index is 12.0. The molecule has 120 valence electrons. The van der Waals surface area contributed by atoms with Gasteiger partial charge in [0.05, 0.1) is 11.5 Å². The monoisotopic (exact) mass is 314 g/mol. The molecule has 0 saturated carbocycles. The highest BCUT2D eigenvalue weighted by Crippen LogP contribution is 2.18. The van der Waals surface area contributed by atoms with Gasteiger partial charge in [-0.25, -0.2) is 0 Å². The molecule has 6 nitrogen and oxygen atoms in total. The van der Waals surface area contributed by atoms with Crippen LogP contribution in [0.5, 0.6) is 5.75 Å². The largest absolute Gasteiger partial charge is 0.492 e. The van der Waals surface area contributed by atoms with Crippen molar-refractivity contribution < 1.29 is 14.5 Å². The molecule has 0 unspecified atom stereocenters. The van der Waals surface area contributed by atoms with Crippen LogP contribution in [0.15, 0.2) is 42.5 Å². The second kappa shape index (κ2) is 7.40. The summed E-state index contributed by atoms with van der Waals surface area (Å²) in [5, 5.41) is 13.5. The number of aryl methyl sites for hydroxylation is 2. The van der Waals surface area contributed by atoms with Crippen LogP contribution in [-0.2, 0) is 0 Å². The minimum atomic E-state index is -0.466. The van der Waals surface area contributed by atoms with Crippen LogP contribution in [0.3, 0.4) is 0 Å². The molecular formula is C17H18N2O4. The first-order valence-electron chi connectivity index (χ1n) is 7.20. The third kappa shape index (κ3) is 4.54. The van der Waals surface area contributed by atoms with Crippen molar-refractivity contribution in [2.75, 3.05) is 13.2 Å². The fourth-order valence-corrected chi connectivity index (χ4v) is 2.14. The van der Waals surface area contributed by atoms with Crippen molar-refractivity contribution in [2.24, 2.45) is 0 Å². The Kier molecular flexibility index (Phi) is 5.30. The van der Waals surface area contributed by atoms with Gasteiger partial charge in [0.2, 0.25) is 0 Å². The average molecular weight is 314 g/mol. The Balaban J connectivity index is 1.85. The van der Waals surface area contributed by atoms with E-state index in [0.29, 0.717) is 24.3 Å². The fourth-order valence-electron chi connectivity index (χ4n) is 2.14. The van der Waals surface area contributed by atoms with E-state index in [1.54, 1.807) is 6.92 Å². The summed E-state index contributed by atoms with van der Waals surface area (Å²) < 4.78 is 5.54. The van der Waals surface area contributed by atoms with Crippen LogP contribution in [0, 0.1) is 24.0 Å². The molecule has 0 spiro atoms. The van der Waals surface area contributed by atoms with E-state index in [-0.39, 0.29) is 11.6 Å². The summed E-state index contributed by atoms with van der Waals surface area (Å²) >= 11 is 0. The van der Waals surface area contributed by atoms with Gasteiger partial charge in [-0.3, -0.25) is 14.9 Å². The van der Waals surface area contributed by atoms with Crippen molar-refractivity contribution in [2.45, 2.75) is 13.8 Å². The van der Waals surface area contributed by atoms with Gasteiger partial charge in [-0.15, -0.1) is 0 Å². The molecule has 0 aliphatic carbocycles. The Morgan fingerprint density at radius 2 is 2.00 bits per heavy atom. The van der Waals surface area contributed by atoms with E-state index in [0.717, 1.165) is 11.3 Å². The van der Waals surface area contributed by atoms with Crippen molar-refractivity contribution >= 4 is 11.6 Å². The smallest absolute Gasteiger partial charge is 0.272 e. The standard InChI is InChI=1S/C17H18N2O4/c1-12-4-3-5-15(10-12)23-9-8-18-17(20)14-6-7-16(19(21)22)13(2)11-14/h3-7,10-11H,8-9H2,1-2H3,(H,18,20). The Hall–Kier alpha value is -2.89. The minimum absolute atomic E-state index is 0.00401. The molecular weight excluding hydrogens is 296 g/mol. The lowest BCUT2D eigenvalue weighted by Crippen LogP contribution is -2.28. The molecule has 0 aliphatic heterocycles. The van der Waals surface area contributed by atoms with E-state index in [2.05, 4.69) is 5.32 Å². The number of hydrogen-bond donors (Lipinski definition) is 1. The Morgan fingerprint density at radius 1 is 1.22 bits per heavy atom. The second-order valence-electron chi connectivity index (χ2n) is 5.18. The van der Waals surface area contributed by atoms with Gasteiger partial charge in [-0.05, 0) is 43.7 Å². The van der Waals surface area contributed by atoms with E-state index >= 15 is 0 Å². The molecule has 1 N–H and O–H groups in total. The lowest BCUT2D eigenvalue weighted by Gasteiger charge is -2.08. The third-order valence-corrected chi connectivity index (χ3v) is 3.30. The topological polar surface area (TPSA) is 81.5 Å². The predicted octanol–water partition coefficient (Wildman–Crippen LogP) is 3.02. The zero-order valence-electron chi connectivity index (χ0n) is 13.0. The Morgan fingerprint density at radius 3 is 2.65 bits per heavy atom. The summed E-state index contributed by atoms with van der Waals surface area (Å²) in [6, 6.07) is 12.0. The van der Waals surface area contributed by atoms with Gasteiger partial charge < -0.3 is 10.1 Å². The van der Waals surface area contributed by atoms with Crippen LogP contribution >= 0.6 is 0 Å². The predicted molar refractivity (Wildman–Crippen MR) is 86.8 cm³/mol. The molecule has 0 aromatic heterocycles. The average Bonchev–Trinajstić information content (AvgIpc) is 2.51. The maximum atomic E-state index is 12.0. The number of nitro groups is 1. The summed E-state index contributed by atoms with van der Waals surface area (Å²) in [5.74, 6) is 0.473. The van der Waals surface area contributed by atoms with Gasteiger partial charge in [0.25, 0.3) is 11.6 Å². The summed E-state index contributed by atoms with van der Waals surface area (Å²) in [4.78, 5) is 22.3. The van der Waals surface area contributed by atoms with Crippen LogP contribution < -0.4 is 10.1 Å². The molecule has 2 aromatic carbocycles. The first-order chi connectivity index (χ1) is 11.0. The lowest BCUT2D eigenvalue weighted by molar-refractivity contribution is -0.385. The molecule has 1 amide bonds. The summed E-state index contributed by atoms with van der Waals surface area (Å²) in [6.45, 7) is 4.28. The fraction of sp³-hybridized carbons (Fsp3) is 0.235. The number of hydrogen-bond acceptors (Lipinski definition) is 4. The molecule has 6 heteroatoms. The molecule has 0 heterocycles. The van der Waals surface area contributed by atoms with Gasteiger partial charge in [0, 0.05) is 17.2 Å². The number of rotatable bonds is 6. The second-order valence-corrected chi connectivity index (χ2v) is 5.18. The number of nitro benzene ring substituents is 1. The molecule has 23 heavy (non-hydrogen) atoms. The molecule has 0 bridgehead atoms. The van der Waals surface area contributed by atoms with Crippen molar-refractivity contribution in [1.82, 2.24) is 5.32 Å². The van der Waals surface area contributed by atoms with E-state index < -0.39 is 4.92 Å². The zero-order valence-corrected chi connectivity index (χ0v) is 13.0. The number of carbonyl (C=O) groups is 1. The van der Waals surface area contributed by atoms with Gasteiger partial charge in [0.15, 0.2) is 0 Å². The molecule has 2 aromatic rings. The summed E-state index contributed by atoms with van der Waals surface area (Å²) in [7, 11) is 0. The quantitative estimate of drug-likeness (QED) is 0.505. The minimum Gasteiger partial charge on any atom is -0.492 e. The van der Waals surface area contributed by atoms with E-state index in [9.17, 15) is 14.9 Å². The maximum Gasteiger partial charge on any atom is 0.272 e. The number of ether oxygens (including phenoxy) is 1. The van der Waals surface area contributed by atoms with Gasteiger partial charge in [0.1, 0.15) is 12.4 Å². The highest BCUT2D eigenvalue weighted by atomic mass is 16.6. The van der Waals surface area contributed by atoms with Gasteiger partial charge in [-0.2, -0.15) is 0 Å². The van der Waals surface area contributed by atoms with Crippen LogP contribution in [0.2, 0.25) is 0 Å². The van der Waals surface area contributed by atoms with Crippen molar-refractivity contribution in [1.29, 1.82) is 0 Å². The van der Waals surface area contributed by atoms with Crippen molar-refractivity contribution in [3.63, 3.8) is 0 Å². The highest BCUT2D eigenvalue weighted by Gasteiger charge is 2.13. The summed E-state index contributed by atoms with van der Waals surface area (Å²) in [6.07, 6.45) is 0. The normalized spacial score (nSPS) is 10.2. The van der Waals surface area contributed by atoms with E-state index in [1.165, 1.54) is 18.2 Å². The number of nitrogens with one attached hydrogen (secondary N) is 1. The summed E-state index contributed by atoms with van der Waals surface area (Å²) in [5.41, 5.74) is 1.96. The first-order valence-corrected chi connectivity index (χ1v) is 7.20. The molecule has 0 saturated heterocycles. The van der Waals surface area contributed by atoms with E-state index in [4.69, 9.17) is 4.74 Å². The SMILES string of the molecule is Cc1cccc(OCCNC(=O)c2ccc([N+](=O)[O-])c(C)c2)c1. The molecule has 0 atom stereocenters. The van der Waals surface area contributed by atoms with Crippen LogP contribution in [0.25, 0.3) is 0 Å². The highest BCUT2D eigenvalue weighted by molar-refractivity contribution is 5.94. The Labute approximate surface area is 134 Å². The van der Waals surface area contributed by atoms with Gasteiger partial charge in [-0.1, -0.05) is 12.1 Å². The molecule has 2 rings (SSSR count). The van der Waals surface area contributed by atoms with Crippen molar-refractivity contribution in [3.8, 4) is 5.75 Å². The van der Waals surface area contributed by atoms with Crippen molar-refractivity contribution in [3.05, 3.63) is 69.3 Å². The number of benzene rings is 2. The van der Waals surface area contributed by atoms with Crippen LogP contribution in [-0.4, -0.2) is 24.0 Å². The van der Waals surface area contributed by atoms with Crippen LogP contribution in [0.4, 0.5) is 5.69 Å². The number of nitrogens with zero attached hydrogens (tertiary/aromatic N) is 1.